The first-order chi connectivity index (χ1) is 12.9. The second kappa shape index (κ2) is 7.88. The van der Waals surface area contributed by atoms with Crippen LogP contribution in [0.25, 0.3) is 0 Å². The molecule has 3 aliphatic rings. The fourth-order valence-electron chi connectivity index (χ4n) is 3.97. The summed E-state index contributed by atoms with van der Waals surface area (Å²) in [4.78, 5) is 41.2. The van der Waals surface area contributed by atoms with Crippen molar-refractivity contribution in [2.24, 2.45) is 5.92 Å². The number of allylic oxidation sites excluding steroid dienone is 1. The van der Waals surface area contributed by atoms with E-state index in [0.717, 1.165) is 19.3 Å². The van der Waals surface area contributed by atoms with Gasteiger partial charge in [-0.1, -0.05) is 12.2 Å². The van der Waals surface area contributed by atoms with Crippen LogP contribution in [0, 0.1) is 5.92 Å². The summed E-state index contributed by atoms with van der Waals surface area (Å²) in [6.07, 6.45) is 6.59. The number of carbonyl (C=O) groups is 3. The van der Waals surface area contributed by atoms with Crippen molar-refractivity contribution in [2.45, 2.75) is 56.7 Å². The Balaban J connectivity index is 1.85. The topological polar surface area (TPSA) is 99.2 Å². The maximum Gasteiger partial charge on any atom is 0.332 e. The molecule has 4 unspecified atom stereocenters. The van der Waals surface area contributed by atoms with E-state index >= 15 is 0 Å². The van der Waals surface area contributed by atoms with Gasteiger partial charge in [0, 0.05) is 32.5 Å². The molecule has 150 valence electrons. The second-order valence-corrected chi connectivity index (χ2v) is 7.68. The summed E-state index contributed by atoms with van der Waals surface area (Å²) in [7, 11) is 1.71. The largest absolute Gasteiger partial charge is 0.464 e. The van der Waals surface area contributed by atoms with Crippen LogP contribution < -0.4 is 5.32 Å². The van der Waals surface area contributed by atoms with Gasteiger partial charge in [-0.25, -0.2) is 9.59 Å². The third-order valence-corrected chi connectivity index (χ3v) is 5.64. The van der Waals surface area contributed by atoms with Gasteiger partial charge >= 0.3 is 12.0 Å². The van der Waals surface area contributed by atoms with Crippen molar-refractivity contribution >= 4 is 17.9 Å². The van der Waals surface area contributed by atoms with Crippen molar-refractivity contribution in [1.82, 2.24) is 15.1 Å². The summed E-state index contributed by atoms with van der Waals surface area (Å²) in [5.74, 6) is -0.940. The predicted octanol–water partition coefficient (Wildman–Crippen LogP) is 0.652. The van der Waals surface area contributed by atoms with Gasteiger partial charge in [0.15, 0.2) is 0 Å². The predicted molar refractivity (Wildman–Crippen MR) is 97.7 cm³/mol. The molecule has 0 radical (unpaired) electrons. The summed E-state index contributed by atoms with van der Waals surface area (Å²) < 4.78 is 5.19. The molecule has 0 spiro atoms. The van der Waals surface area contributed by atoms with E-state index in [1.807, 2.05) is 12.2 Å². The Morgan fingerprint density at radius 3 is 2.93 bits per heavy atom. The number of ether oxygens (including phenoxy) is 1. The Kier molecular flexibility index (Phi) is 5.74. The van der Waals surface area contributed by atoms with Crippen LogP contribution in [0.4, 0.5) is 4.79 Å². The van der Waals surface area contributed by atoms with Crippen molar-refractivity contribution in [3.63, 3.8) is 0 Å². The molecular formula is C19H29N3O5. The van der Waals surface area contributed by atoms with Gasteiger partial charge in [0.2, 0.25) is 5.91 Å². The van der Waals surface area contributed by atoms with Crippen molar-refractivity contribution in [3.05, 3.63) is 12.2 Å². The number of nitrogens with zero attached hydrogens (tertiary/aromatic N) is 2. The minimum atomic E-state index is -1.05. The summed E-state index contributed by atoms with van der Waals surface area (Å²) >= 11 is 0. The van der Waals surface area contributed by atoms with E-state index in [9.17, 15) is 19.5 Å². The van der Waals surface area contributed by atoms with E-state index in [-0.39, 0.29) is 31.5 Å². The molecule has 2 heterocycles. The van der Waals surface area contributed by atoms with Crippen LogP contribution in [0.15, 0.2) is 12.2 Å². The monoisotopic (exact) mass is 379 g/mol. The molecular weight excluding hydrogens is 350 g/mol. The number of esters is 1. The molecule has 2 N–H and O–H groups in total. The summed E-state index contributed by atoms with van der Waals surface area (Å²) in [6, 6.07) is -1.05. The number of carbonyl (C=O) groups excluding carboxylic acids is 3. The van der Waals surface area contributed by atoms with Crippen LogP contribution in [-0.4, -0.2) is 77.2 Å². The molecule has 1 saturated carbocycles. The van der Waals surface area contributed by atoms with Gasteiger partial charge in [0.1, 0.15) is 11.6 Å². The molecule has 1 saturated heterocycles. The number of aliphatic hydroxyl groups excluding tert-OH is 1. The van der Waals surface area contributed by atoms with Gasteiger partial charge in [-0.05, 0) is 32.6 Å². The highest BCUT2D eigenvalue weighted by Crippen LogP contribution is 2.46. The number of hydrogen-bond acceptors (Lipinski definition) is 5. The first-order valence-corrected chi connectivity index (χ1v) is 9.74. The smallest absolute Gasteiger partial charge is 0.332 e. The van der Waals surface area contributed by atoms with Gasteiger partial charge in [-0.2, -0.15) is 0 Å². The number of rotatable bonds is 2. The Bertz CT molecular complexity index is 637. The first kappa shape index (κ1) is 19.7. The molecule has 3 amide bonds. The molecule has 3 rings (SSSR count). The Hall–Kier alpha value is -2.09. The molecule has 8 heteroatoms. The molecule has 0 bridgehead atoms. The lowest BCUT2D eigenvalue weighted by atomic mass is 10.1. The number of amides is 3. The van der Waals surface area contributed by atoms with Gasteiger partial charge in [-0.3, -0.25) is 4.79 Å². The van der Waals surface area contributed by atoms with E-state index in [4.69, 9.17) is 4.74 Å². The standard InChI is InChI=1S/C19H29N3O5/c1-3-27-17(25)19-11-13(19)8-6-4-5-7-9-21(2)18(26)22-12-14(23)10-15(22)16(24)20-19/h6,8,13-15,23H,3-5,7,9-12H2,1-2H3,(H,20,24)/b8-6-. The highest BCUT2D eigenvalue weighted by atomic mass is 16.5. The normalized spacial score (nSPS) is 35.6. The fraction of sp³-hybridized carbons (Fsp3) is 0.737. The van der Waals surface area contributed by atoms with E-state index < -0.39 is 29.6 Å². The summed E-state index contributed by atoms with van der Waals surface area (Å²) in [5, 5.41) is 12.9. The zero-order valence-electron chi connectivity index (χ0n) is 16.0. The van der Waals surface area contributed by atoms with Crippen molar-refractivity contribution in [2.75, 3.05) is 26.7 Å². The maximum atomic E-state index is 12.9. The lowest BCUT2D eigenvalue weighted by Crippen LogP contribution is -2.55. The SMILES string of the molecule is CCOC(=O)C12CC1/C=C\CCCCN(C)C(=O)N1CC(O)CC1C(=O)N2. The van der Waals surface area contributed by atoms with Crippen LogP contribution in [-0.2, 0) is 14.3 Å². The molecule has 0 aromatic rings. The van der Waals surface area contributed by atoms with E-state index in [1.165, 1.54) is 4.90 Å². The number of aliphatic hydroxyl groups is 1. The number of fused-ring (bicyclic) bond motifs is 2. The molecule has 0 aromatic heterocycles. The zero-order valence-corrected chi connectivity index (χ0v) is 16.0. The van der Waals surface area contributed by atoms with Crippen LogP contribution in [0.2, 0.25) is 0 Å². The molecule has 2 fully saturated rings. The number of hydrogen-bond donors (Lipinski definition) is 2. The molecule has 8 nitrogen and oxygen atoms in total. The third-order valence-electron chi connectivity index (χ3n) is 5.64. The van der Waals surface area contributed by atoms with Crippen molar-refractivity contribution in [1.29, 1.82) is 0 Å². The van der Waals surface area contributed by atoms with E-state index in [2.05, 4.69) is 5.32 Å². The quantitative estimate of drug-likeness (QED) is 0.542. The average molecular weight is 379 g/mol. The van der Waals surface area contributed by atoms with E-state index in [1.54, 1.807) is 18.9 Å². The zero-order chi connectivity index (χ0) is 19.6. The van der Waals surface area contributed by atoms with Gasteiger partial charge in [-0.15, -0.1) is 0 Å². The Morgan fingerprint density at radius 1 is 1.41 bits per heavy atom. The molecule has 27 heavy (non-hydrogen) atoms. The number of nitrogens with one attached hydrogen (secondary N) is 1. The molecule has 0 aromatic carbocycles. The lowest BCUT2D eigenvalue weighted by molar-refractivity contribution is -0.149. The highest BCUT2D eigenvalue weighted by Gasteiger charge is 2.62. The lowest BCUT2D eigenvalue weighted by Gasteiger charge is -2.30. The Morgan fingerprint density at radius 2 is 2.19 bits per heavy atom. The van der Waals surface area contributed by atoms with Crippen LogP contribution in [0.1, 0.15) is 39.0 Å². The Labute approximate surface area is 159 Å². The molecule has 4 atom stereocenters. The average Bonchev–Trinajstić information content (AvgIpc) is 3.18. The minimum absolute atomic E-state index is 0.0957. The van der Waals surface area contributed by atoms with Gasteiger partial charge < -0.3 is 25.0 Å². The second-order valence-electron chi connectivity index (χ2n) is 7.68. The molecule has 1 aliphatic carbocycles. The van der Waals surface area contributed by atoms with Gasteiger partial charge in [0.05, 0.1) is 12.7 Å². The van der Waals surface area contributed by atoms with Crippen LogP contribution in [0.3, 0.4) is 0 Å². The van der Waals surface area contributed by atoms with E-state index in [0.29, 0.717) is 13.0 Å². The maximum absolute atomic E-state index is 12.9. The number of urea groups is 1. The van der Waals surface area contributed by atoms with Crippen LogP contribution >= 0.6 is 0 Å². The fourth-order valence-corrected chi connectivity index (χ4v) is 3.97. The highest BCUT2D eigenvalue weighted by molar-refractivity contribution is 5.95. The third kappa shape index (κ3) is 3.95. The van der Waals surface area contributed by atoms with Crippen molar-refractivity contribution < 1.29 is 24.2 Å². The van der Waals surface area contributed by atoms with Crippen molar-refractivity contribution in [3.8, 4) is 0 Å². The molecule has 2 aliphatic heterocycles. The van der Waals surface area contributed by atoms with Crippen LogP contribution in [0.5, 0.6) is 0 Å². The summed E-state index contributed by atoms with van der Waals surface area (Å²) in [5.41, 5.74) is -1.05. The first-order valence-electron chi connectivity index (χ1n) is 9.74. The summed E-state index contributed by atoms with van der Waals surface area (Å²) in [6.45, 7) is 2.70. The van der Waals surface area contributed by atoms with Gasteiger partial charge in [0.25, 0.3) is 0 Å². The minimum Gasteiger partial charge on any atom is -0.464 e.